The van der Waals surface area contributed by atoms with E-state index in [0.29, 0.717) is 0 Å². The molecule has 0 rings (SSSR count). The van der Waals surface area contributed by atoms with Crippen LogP contribution in [0.4, 0.5) is 0 Å². The van der Waals surface area contributed by atoms with E-state index in [-0.39, 0.29) is 0 Å². The van der Waals surface area contributed by atoms with E-state index in [1.165, 1.54) is 19.0 Å². The van der Waals surface area contributed by atoms with Crippen molar-refractivity contribution in [1.29, 1.82) is 0 Å². The van der Waals surface area contributed by atoms with Gasteiger partial charge in [-0.15, -0.1) is 8.58 Å². The molecule has 0 saturated heterocycles. The van der Waals surface area contributed by atoms with Gasteiger partial charge in [0, 0.05) is 3.92 Å². The molecule has 0 heterocycles. The summed E-state index contributed by atoms with van der Waals surface area (Å²) < 4.78 is 0.912. The molecule has 3 atom stereocenters. The third-order valence-corrected chi connectivity index (χ3v) is 4.57. The Morgan fingerprint density at radius 1 is 1.50 bits per heavy atom. The van der Waals surface area contributed by atoms with Crippen LogP contribution in [0.25, 0.3) is 0 Å². The fourth-order valence-electron chi connectivity index (χ4n) is 0.822. The molecule has 0 radical (unpaired) electrons. The smallest absolute Gasteiger partial charge is 0.0138 e. The average molecular weight is 272 g/mol. The highest BCUT2D eigenvalue weighted by molar-refractivity contribution is 14.1. The largest absolute Gasteiger partial charge is 0.125 e. The third kappa shape index (κ3) is 4.90. The highest BCUT2D eigenvalue weighted by atomic mass is 127. The van der Waals surface area contributed by atoms with Crippen molar-refractivity contribution in [2.24, 2.45) is 5.92 Å². The van der Waals surface area contributed by atoms with E-state index in [4.69, 9.17) is 0 Å². The minimum atomic E-state index is 0.912. The molecule has 0 nitrogen and oxygen atoms in total. The van der Waals surface area contributed by atoms with Gasteiger partial charge in [0.1, 0.15) is 0 Å². The minimum Gasteiger partial charge on any atom is -0.125 e. The molecule has 0 aromatic carbocycles. The topological polar surface area (TPSA) is 0 Å². The van der Waals surface area contributed by atoms with Crippen LogP contribution in [0.1, 0.15) is 26.7 Å². The monoisotopic (exact) mass is 272 g/mol. The summed E-state index contributed by atoms with van der Waals surface area (Å²) in [5, 5.41) is 0. The Morgan fingerprint density at radius 3 is 2.50 bits per heavy atom. The summed E-state index contributed by atoms with van der Waals surface area (Å²) in [6, 6.07) is 0. The van der Waals surface area contributed by atoms with Gasteiger partial charge in [0.2, 0.25) is 0 Å². The van der Waals surface area contributed by atoms with Crippen LogP contribution in [-0.4, -0.2) is 16.8 Å². The maximum atomic E-state index is 2.60. The molecule has 0 fully saturated rings. The van der Waals surface area contributed by atoms with Crippen LogP contribution in [0, 0.1) is 5.92 Å². The van der Waals surface area contributed by atoms with Crippen LogP contribution >= 0.6 is 31.2 Å². The van der Waals surface area contributed by atoms with Crippen molar-refractivity contribution >= 4 is 31.2 Å². The lowest BCUT2D eigenvalue weighted by Crippen LogP contribution is -2.09. The Morgan fingerprint density at radius 2 is 2.10 bits per heavy atom. The van der Waals surface area contributed by atoms with Crippen LogP contribution in [-0.2, 0) is 0 Å². The number of halogens is 1. The van der Waals surface area contributed by atoms with Crippen LogP contribution in [0.5, 0.6) is 0 Å². The van der Waals surface area contributed by atoms with Gasteiger partial charge in [-0.1, -0.05) is 42.9 Å². The van der Waals surface area contributed by atoms with E-state index < -0.39 is 0 Å². The lowest BCUT2D eigenvalue weighted by atomic mass is 10.0. The standard InChI is InChI=1S/C8H18IP/c1-4-7(2)8(9)5-6-10-3/h7-8,10H,4-6H2,1-3H3. The zero-order valence-corrected chi connectivity index (χ0v) is 10.3. The SMILES string of the molecule is CCC(C)C(I)CCPC. The minimum absolute atomic E-state index is 0.912. The normalized spacial score (nSPS) is 18.0. The van der Waals surface area contributed by atoms with E-state index in [0.717, 1.165) is 18.4 Å². The summed E-state index contributed by atoms with van der Waals surface area (Å²) in [5.74, 6) is 0.914. The fraction of sp³-hybridized carbons (Fsp3) is 1.00. The second kappa shape index (κ2) is 6.84. The third-order valence-electron chi connectivity index (χ3n) is 1.93. The molecule has 0 bridgehead atoms. The van der Waals surface area contributed by atoms with E-state index in [1.807, 2.05) is 0 Å². The lowest BCUT2D eigenvalue weighted by molar-refractivity contribution is 0.541. The van der Waals surface area contributed by atoms with Crippen molar-refractivity contribution in [3.05, 3.63) is 0 Å². The Hall–Kier alpha value is 1.16. The quantitative estimate of drug-likeness (QED) is 0.408. The summed E-state index contributed by atoms with van der Waals surface area (Å²) in [7, 11) is 1.14. The molecule has 0 aliphatic rings. The molecule has 3 unspecified atom stereocenters. The van der Waals surface area contributed by atoms with Crippen molar-refractivity contribution in [1.82, 2.24) is 0 Å². The van der Waals surface area contributed by atoms with Crippen molar-refractivity contribution < 1.29 is 0 Å². The van der Waals surface area contributed by atoms with E-state index >= 15 is 0 Å². The Balaban J connectivity index is 3.31. The van der Waals surface area contributed by atoms with Crippen molar-refractivity contribution in [2.45, 2.75) is 30.6 Å². The zero-order valence-electron chi connectivity index (χ0n) is 7.15. The van der Waals surface area contributed by atoms with Crippen molar-refractivity contribution in [3.63, 3.8) is 0 Å². The second-order valence-electron chi connectivity index (χ2n) is 2.79. The summed E-state index contributed by atoms with van der Waals surface area (Å²) in [5.41, 5.74) is 0. The molecule has 10 heavy (non-hydrogen) atoms. The summed E-state index contributed by atoms with van der Waals surface area (Å²) in [6.45, 7) is 6.93. The first-order chi connectivity index (χ1) is 4.72. The number of alkyl halides is 1. The van der Waals surface area contributed by atoms with Gasteiger partial charge in [-0.3, -0.25) is 0 Å². The summed E-state index contributed by atoms with van der Waals surface area (Å²) in [6.07, 6.45) is 4.18. The first-order valence-corrected chi connectivity index (χ1v) is 6.96. The highest BCUT2D eigenvalue weighted by Crippen LogP contribution is 2.22. The van der Waals surface area contributed by atoms with Crippen molar-refractivity contribution in [3.8, 4) is 0 Å². The van der Waals surface area contributed by atoms with E-state index in [9.17, 15) is 0 Å². The molecule has 62 valence electrons. The van der Waals surface area contributed by atoms with Gasteiger partial charge < -0.3 is 0 Å². The maximum Gasteiger partial charge on any atom is 0.0138 e. The number of rotatable bonds is 5. The Bertz CT molecular complexity index is 75.7. The van der Waals surface area contributed by atoms with Gasteiger partial charge >= 0.3 is 0 Å². The molecule has 0 aliphatic heterocycles. The molecule has 0 aromatic rings. The molecule has 0 saturated carbocycles. The molecular weight excluding hydrogens is 254 g/mol. The highest BCUT2D eigenvalue weighted by Gasteiger charge is 2.09. The van der Waals surface area contributed by atoms with Crippen LogP contribution < -0.4 is 0 Å². The molecule has 0 amide bonds. The predicted octanol–water partition coefficient (Wildman–Crippen LogP) is 3.53. The number of hydrogen-bond acceptors (Lipinski definition) is 0. The molecule has 0 spiro atoms. The molecule has 2 heteroatoms. The predicted molar refractivity (Wildman–Crippen MR) is 61.0 cm³/mol. The fourth-order valence-corrected chi connectivity index (χ4v) is 2.83. The molecule has 0 aromatic heterocycles. The molecule has 0 N–H and O–H groups in total. The van der Waals surface area contributed by atoms with Gasteiger partial charge in [-0.2, -0.15) is 0 Å². The summed E-state index contributed by atoms with van der Waals surface area (Å²) >= 11 is 2.60. The Labute approximate surface area is 80.5 Å². The maximum absolute atomic E-state index is 2.60. The van der Waals surface area contributed by atoms with Gasteiger partial charge in [-0.05, 0) is 25.2 Å². The average Bonchev–Trinajstić information content (AvgIpc) is 1.98. The first kappa shape index (κ1) is 11.2. The van der Waals surface area contributed by atoms with Crippen molar-refractivity contribution in [2.75, 3.05) is 12.8 Å². The number of hydrogen-bond donors (Lipinski definition) is 0. The van der Waals surface area contributed by atoms with Crippen LogP contribution in [0.15, 0.2) is 0 Å². The second-order valence-corrected chi connectivity index (χ2v) is 5.60. The Kier molecular flexibility index (Phi) is 7.64. The van der Waals surface area contributed by atoms with Gasteiger partial charge in [0.25, 0.3) is 0 Å². The van der Waals surface area contributed by atoms with Gasteiger partial charge in [0.05, 0.1) is 0 Å². The van der Waals surface area contributed by atoms with Crippen LogP contribution in [0.2, 0.25) is 0 Å². The van der Waals surface area contributed by atoms with E-state index in [2.05, 4.69) is 43.1 Å². The molecule has 0 aliphatic carbocycles. The van der Waals surface area contributed by atoms with Gasteiger partial charge in [0.15, 0.2) is 0 Å². The van der Waals surface area contributed by atoms with Gasteiger partial charge in [-0.25, -0.2) is 0 Å². The van der Waals surface area contributed by atoms with Crippen LogP contribution in [0.3, 0.4) is 0 Å². The summed E-state index contributed by atoms with van der Waals surface area (Å²) in [4.78, 5) is 0. The molecular formula is C8H18IP. The van der Waals surface area contributed by atoms with E-state index in [1.54, 1.807) is 0 Å². The first-order valence-electron chi connectivity index (χ1n) is 4.01. The zero-order chi connectivity index (χ0) is 7.98. The lowest BCUT2D eigenvalue weighted by Gasteiger charge is -2.15.